The zero-order chi connectivity index (χ0) is 16.4. The summed E-state index contributed by atoms with van der Waals surface area (Å²) in [6.07, 6.45) is 7.74. The van der Waals surface area contributed by atoms with Crippen molar-refractivity contribution in [3.8, 4) is 11.5 Å². The monoisotopic (exact) mass is 324 g/mol. The van der Waals surface area contributed by atoms with Gasteiger partial charge in [-0.2, -0.15) is 0 Å². The number of methoxy groups -OCH3 is 1. The van der Waals surface area contributed by atoms with Gasteiger partial charge in [0.1, 0.15) is 18.1 Å². The van der Waals surface area contributed by atoms with Crippen molar-refractivity contribution in [1.82, 2.24) is 9.88 Å². The minimum Gasteiger partial charge on any atom is -0.497 e. The smallest absolute Gasteiger partial charge is 0.123 e. The van der Waals surface area contributed by atoms with Crippen molar-refractivity contribution < 1.29 is 9.47 Å². The van der Waals surface area contributed by atoms with E-state index in [1.54, 1.807) is 7.11 Å². The first-order valence-corrected chi connectivity index (χ1v) is 8.75. The van der Waals surface area contributed by atoms with Crippen LogP contribution >= 0.6 is 0 Å². The Morgan fingerprint density at radius 3 is 2.79 bits per heavy atom. The predicted molar refractivity (Wildman–Crippen MR) is 93.2 cm³/mol. The van der Waals surface area contributed by atoms with Crippen LogP contribution in [-0.2, 0) is 6.54 Å². The molecule has 2 aromatic rings. The van der Waals surface area contributed by atoms with Crippen molar-refractivity contribution in [2.24, 2.45) is 5.92 Å². The van der Waals surface area contributed by atoms with E-state index in [-0.39, 0.29) is 0 Å². The molecular weight excluding hydrogens is 300 g/mol. The van der Waals surface area contributed by atoms with Gasteiger partial charge < -0.3 is 9.47 Å². The van der Waals surface area contributed by atoms with E-state index in [9.17, 15) is 0 Å². The lowest BCUT2D eigenvalue weighted by molar-refractivity contribution is 0.0866. The molecule has 2 fully saturated rings. The van der Waals surface area contributed by atoms with Crippen LogP contribution in [0.1, 0.15) is 24.8 Å². The average Bonchev–Trinajstić information content (AvgIpc) is 3.23. The fourth-order valence-corrected chi connectivity index (χ4v) is 4.23. The van der Waals surface area contributed by atoms with Gasteiger partial charge >= 0.3 is 0 Å². The Bertz CT molecular complexity index is 676. The van der Waals surface area contributed by atoms with Crippen LogP contribution in [0.2, 0.25) is 0 Å². The number of likely N-dealkylation sites (tertiary alicyclic amines) is 1. The third-order valence-corrected chi connectivity index (χ3v) is 5.46. The molecule has 1 aliphatic heterocycles. The van der Waals surface area contributed by atoms with Crippen molar-refractivity contribution in [2.75, 3.05) is 13.7 Å². The normalized spacial score (nSPS) is 25.8. The number of hydrogen-bond donors (Lipinski definition) is 0. The Morgan fingerprint density at radius 2 is 1.96 bits per heavy atom. The second kappa shape index (κ2) is 6.81. The largest absolute Gasteiger partial charge is 0.497 e. The number of ether oxygens (including phenoxy) is 2. The van der Waals surface area contributed by atoms with Crippen LogP contribution in [0, 0.1) is 5.92 Å². The van der Waals surface area contributed by atoms with Crippen molar-refractivity contribution in [1.29, 1.82) is 0 Å². The molecule has 1 saturated carbocycles. The van der Waals surface area contributed by atoms with Crippen molar-refractivity contribution >= 4 is 0 Å². The van der Waals surface area contributed by atoms with Gasteiger partial charge in [-0.05, 0) is 55.0 Å². The summed E-state index contributed by atoms with van der Waals surface area (Å²) in [5.74, 6) is 2.50. The molecule has 4 rings (SSSR count). The number of pyridine rings is 1. The Hall–Kier alpha value is -2.07. The molecule has 126 valence electrons. The molecule has 2 aliphatic rings. The quantitative estimate of drug-likeness (QED) is 0.814. The number of hydrogen-bond acceptors (Lipinski definition) is 4. The summed E-state index contributed by atoms with van der Waals surface area (Å²) < 4.78 is 11.4. The molecule has 1 aromatic carbocycles. The van der Waals surface area contributed by atoms with E-state index < -0.39 is 0 Å². The highest BCUT2D eigenvalue weighted by Crippen LogP contribution is 2.43. The lowest BCUT2D eigenvalue weighted by Crippen LogP contribution is -2.43. The minimum atomic E-state index is 0.503. The molecular formula is C20H24N2O2. The van der Waals surface area contributed by atoms with Crippen molar-refractivity contribution in [3.63, 3.8) is 0 Å². The summed E-state index contributed by atoms with van der Waals surface area (Å²) >= 11 is 0. The summed E-state index contributed by atoms with van der Waals surface area (Å²) in [5, 5.41) is 0. The molecule has 2 heterocycles. The molecule has 4 heteroatoms. The maximum Gasteiger partial charge on any atom is 0.123 e. The minimum absolute atomic E-state index is 0.503. The Balaban J connectivity index is 1.44. The van der Waals surface area contributed by atoms with E-state index in [0.29, 0.717) is 12.1 Å². The topological polar surface area (TPSA) is 34.6 Å². The standard InChI is InChI=1S/C20H24N2O2/c1-23-18-3-2-4-19(12-18)24-14-20-16-5-6-17(11-16)22(20)13-15-7-9-21-10-8-15/h2-4,7-10,12,16-17,20H,5-6,11,13-14H2,1H3/t16-,17-,20-/m1/s1. The first kappa shape index (κ1) is 15.5. The Morgan fingerprint density at radius 1 is 1.12 bits per heavy atom. The van der Waals surface area contributed by atoms with Gasteiger partial charge in [0.25, 0.3) is 0 Å². The lowest BCUT2D eigenvalue weighted by atomic mass is 9.99. The van der Waals surface area contributed by atoms with E-state index in [1.807, 2.05) is 36.7 Å². The SMILES string of the molecule is COc1cccc(OC[C@@H]2[C@@H]3CC[C@H](C3)N2Cc2ccncc2)c1. The molecule has 2 bridgehead atoms. The average molecular weight is 324 g/mol. The third-order valence-electron chi connectivity index (χ3n) is 5.46. The number of fused-ring (bicyclic) bond motifs is 2. The Kier molecular flexibility index (Phi) is 4.39. The van der Waals surface area contributed by atoms with Gasteiger partial charge in [-0.25, -0.2) is 0 Å². The van der Waals surface area contributed by atoms with Crippen LogP contribution in [0.3, 0.4) is 0 Å². The van der Waals surface area contributed by atoms with E-state index in [2.05, 4.69) is 22.0 Å². The first-order valence-electron chi connectivity index (χ1n) is 8.75. The fourth-order valence-electron chi connectivity index (χ4n) is 4.23. The van der Waals surface area contributed by atoms with E-state index >= 15 is 0 Å². The highest BCUT2D eigenvalue weighted by molar-refractivity contribution is 5.32. The maximum absolute atomic E-state index is 6.12. The molecule has 24 heavy (non-hydrogen) atoms. The van der Waals surface area contributed by atoms with E-state index in [4.69, 9.17) is 9.47 Å². The summed E-state index contributed by atoms with van der Waals surface area (Å²) in [7, 11) is 1.69. The van der Waals surface area contributed by atoms with Crippen LogP contribution in [0.4, 0.5) is 0 Å². The molecule has 0 N–H and O–H groups in total. The highest BCUT2D eigenvalue weighted by atomic mass is 16.5. The molecule has 1 saturated heterocycles. The zero-order valence-electron chi connectivity index (χ0n) is 14.1. The second-order valence-electron chi connectivity index (χ2n) is 6.81. The molecule has 4 nitrogen and oxygen atoms in total. The van der Waals surface area contributed by atoms with Crippen molar-refractivity contribution in [3.05, 3.63) is 54.4 Å². The molecule has 1 aromatic heterocycles. The van der Waals surface area contributed by atoms with Crippen molar-refractivity contribution in [2.45, 2.75) is 37.9 Å². The van der Waals surface area contributed by atoms with Crippen LogP contribution in [0.15, 0.2) is 48.8 Å². The van der Waals surface area contributed by atoms with Gasteiger partial charge in [0.15, 0.2) is 0 Å². The van der Waals surface area contributed by atoms with E-state index in [1.165, 1.54) is 24.8 Å². The summed E-state index contributed by atoms with van der Waals surface area (Å²) in [5.41, 5.74) is 1.34. The molecule has 3 atom stereocenters. The molecule has 0 radical (unpaired) electrons. The number of benzene rings is 1. The lowest BCUT2D eigenvalue weighted by Gasteiger charge is -2.35. The zero-order valence-corrected chi connectivity index (χ0v) is 14.1. The maximum atomic E-state index is 6.12. The van der Waals surface area contributed by atoms with Gasteiger partial charge in [0, 0.05) is 37.1 Å². The van der Waals surface area contributed by atoms with Crippen LogP contribution in [-0.4, -0.2) is 35.7 Å². The van der Waals surface area contributed by atoms with Crippen LogP contribution in [0.25, 0.3) is 0 Å². The van der Waals surface area contributed by atoms with Gasteiger partial charge in [0.2, 0.25) is 0 Å². The number of nitrogens with zero attached hydrogens (tertiary/aromatic N) is 2. The van der Waals surface area contributed by atoms with Crippen LogP contribution in [0.5, 0.6) is 11.5 Å². The second-order valence-corrected chi connectivity index (χ2v) is 6.81. The van der Waals surface area contributed by atoms with Gasteiger partial charge in [-0.15, -0.1) is 0 Å². The molecule has 1 aliphatic carbocycles. The summed E-state index contributed by atoms with van der Waals surface area (Å²) in [6.45, 7) is 1.75. The highest BCUT2D eigenvalue weighted by Gasteiger charge is 2.45. The van der Waals surface area contributed by atoms with Gasteiger partial charge in [-0.3, -0.25) is 9.88 Å². The summed E-state index contributed by atoms with van der Waals surface area (Å²) in [6, 6.07) is 13.3. The number of rotatable bonds is 6. The van der Waals surface area contributed by atoms with Gasteiger partial charge in [0.05, 0.1) is 7.11 Å². The van der Waals surface area contributed by atoms with Gasteiger partial charge in [-0.1, -0.05) is 6.07 Å². The fraction of sp³-hybridized carbons (Fsp3) is 0.450. The molecule has 0 amide bonds. The number of piperidine rings is 1. The summed E-state index contributed by atoms with van der Waals surface area (Å²) in [4.78, 5) is 6.77. The predicted octanol–water partition coefficient (Wildman–Crippen LogP) is 3.52. The Labute approximate surface area is 143 Å². The third kappa shape index (κ3) is 3.11. The molecule has 0 spiro atoms. The number of aromatic nitrogens is 1. The van der Waals surface area contributed by atoms with E-state index in [0.717, 1.165) is 30.6 Å². The van der Waals surface area contributed by atoms with Crippen LogP contribution < -0.4 is 9.47 Å². The molecule has 0 unspecified atom stereocenters. The first-order chi connectivity index (χ1) is 11.8.